The van der Waals surface area contributed by atoms with Crippen molar-refractivity contribution in [1.82, 2.24) is 9.97 Å². The highest BCUT2D eigenvalue weighted by Crippen LogP contribution is 2.33. The zero-order valence-corrected chi connectivity index (χ0v) is 13.5. The fraction of sp³-hybridized carbons (Fsp3) is 0.100. The molecule has 0 saturated heterocycles. The molecule has 3 heterocycles. The minimum Gasteiger partial charge on any atom is -0.422 e. The van der Waals surface area contributed by atoms with Gasteiger partial charge in [0.2, 0.25) is 0 Å². The van der Waals surface area contributed by atoms with Gasteiger partial charge in [0, 0.05) is 10.9 Å². The van der Waals surface area contributed by atoms with E-state index in [4.69, 9.17) is 14.7 Å². The van der Waals surface area contributed by atoms with Crippen LogP contribution < -0.4 is 11.2 Å². The Balaban J connectivity index is 1.89. The minimum absolute atomic E-state index is 0.0893. The third-order valence-corrected chi connectivity index (χ3v) is 4.81. The van der Waals surface area contributed by atoms with Gasteiger partial charge >= 0.3 is 5.63 Å². The Kier molecular flexibility index (Phi) is 2.89. The normalized spacial score (nSPS) is 12.6. The minimum atomic E-state index is -0.461. The molecule has 0 atom stereocenters. The second-order valence-electron chi connectivity index (χ2n) is 6.29. The van der Waals surface area contributed by atoms with Crippen LogP contribution >= 0.6 is 0 Å². The standard InChI is InChI=1S/C20H11N3O3/c21-9-11-7-10-5-6-15-13(17(10)23-19(11)24)8-14-18(22-15)12-3-1-2-4-16(12)26-20(14)25/h1-4,7-8H,5-6H2,(H,23,24). The van der Waals surface area contributed by atoms with E-state index in [1.54, 1.807) is 18.2 Å². The van der Waals surface area contributed by atoms with Crippen molar-refractivity contribution in [3.63, 3.8) is 0 Å². The number of benzene rings is 1. The Morgan fingerprint density at radius 3 is 2.81 bits per heavy atom. The number of nitriles is 1. The van der Waals surface area contributed by atoms with Crippen LogP contribution in [-0.2, 0) is 12.8 Å². The second-order valence-corrected chi connectivity index (χ2v) is 6.29. The predicted molar refractivity (Wildman–Crippen MR) is 96.0 cm³/mol. The summed E-state index contributed by atoms with van der Waals surface area (Å²) in [5.41, 5.74) is 3.32. The van der Waals surface area contributed by atoms with E-state index < -0.39 is 11.2 Å². The number of hydrogen-bond donors (Lipinski definition) is 1. The third kappa shape index (κ3) is 1.94. The lowest BCUT2D eigenvalue weighted by Crippen LogP contribution is -2.17. The SMILES string of the molecule is N#Cc1cc2c([nH]c1=O)-c1cc3c(=O)oc4ccccc4c3nc1CC2. The van der Waals surface area contributed by atoms with Crippen LogP contribution in [0.25, 0.3) is 33.1 Å². The number of H-pyrrole nitrogens is 1. The summed E-state index contributed by atoms with van der Waals surface area (Å²) >= 11 is 0. The van der Waals surface area contributed by atoms with Crippen LogP contribution in [-0.4, -0.2) is 9.97 Å². The summed E-state index contributed by atoms with van der Waals surface area (Å²) in [6.07, 6.45) is 1.34. The first kappa shape index (κ1) is 14.6. The Bertz CT molecular complexity index is 1390. The van der Waals surface area contributed by atoms with E-state index in [1.165, 1.54) is 0 Å². The number of pyridine rings is 2. The zero-order valence-electron chi connectivity index (χ0n) is 13.5. The van der Waals surface area contributed by atoms with Crippen molar-refractivity contribution in [1.29, 1.82) is 5.26 Å². The number of para-hydroxylation sites is 1. The van der Waals surface area contributed by atoms with E-state index >= 15 is 0 Å². The van der Waals surface area contributed by atoms with Gasteiger partial charge in [-0.2, -0.15) is 5.26 Å². The van der Waals surface area contributed by atoms with Gasteiger partial charge < -0.3 is 9.40 Å². The number of aromatic amines is 1. The largest absolute Gasteiger partial charge is 0.422 e. The van der Waals surface area contributed by atoms with Crippen molar-refractivity contribution in [2.24, 2.45) is 0 Å². The molecule has 124 valence electrons. The highest BCUT2D eigenvalue weighted by molar-refractivity contribution is 6.03. The molecule has 1 N–H and O–H groups in total. The van der Waals surface area contributed by atoms with Gasteiger partial charge in [0.1, 0.15) is 17.2 Å². The molecular weight excluding hydrogens is 330 g/mol. The molecule has 0 aliphatic heterocycles. The van der Waals surface area contributed by atoms with Crippen LogP contribution in [0.1, 0.15) is 16.8 Å². The summed E-state index contributed by atoms with van der Waals surface area (Å²) in [7, 11) is 0. The van der Waals surface area contributed by atoms with Gasteiger partial charge in [-0.3, -0.25) is 9.78 Å². The number of hydrogen-bond acceptors (Lipinski definition) is 5. The van der Waals surface area contributed by atoms with Gasteiger partial charge in [0.05, 0.1) is 22.3 Å². The first-order valence-corrected chi connectivity index (χ1v) is 8.18. The predicted octanol–water partition coefficient (Wildman–Crippen LogP) is 2.67. The maximum absolute atomic E-state index is 12.4. The van der Waals surface area contributed by atoms with Gasteiger partial charge in [-0.1, -0.05) is 12.1 Å². The Hall–Kier alpha value is -3.72. The van der Waals surface area contributed by atoms with E-state index in [9.17, 15) is 9.59 Å². The lowest BCUT2D eigenvalue weighted by atomic mass is 9.91. The quantitative estimate of drug-likeness (QED) is 0.391. The lowest BCUT2D eigenvalue weighted by Gasteiger charge is -2.19. The monoisotopic (exact) mass is 341 g/mol. The average molecular weight is 341 g/mol. The molecule has 3 aromatic heterocycles. The van der Waals surface area contributed by atoms with Crippen molar-refractivity contribution in [3.05, 3.63) is 74.0 Å². The van der Waals surface area contributed by atoms with Crippen molar-refractivity contribution >= 4 is 21.9 Å². The first-order chi connectivity index (χ1) is 12.7. The highest BCUT2D eigenvalue weighted by Gasteiger charge is 2.22. The molecular formula is C20H11N3O3. The topological polar surface area (TPSA) is 99.8 Å². The Morgan fingerprint density at radius 2 is 1.96 bits per heavy atom. The van der Waals surface area contributed by atoms with Crippen LogP contribution in [0.2, 0.25) is 0 Å². The second kappa shape index (κ2) is 5.14. The number of aryl methyl sites for hydroxylation is 2. The van der Waals surface area contributed by atoms with E-state index in [2.05, 4.69) is 4.98 Å². The highest BCUT2D eigenvalue weighted by atomic mass is 16.4. The molecule has 5 rings (SSSR count). The van der Waals surface area contributed by atoms with Crippen molar-refractivity contribution in [2.45, 2.75) is 12.8 Å². The molecule has 4 aromatic rings. The summed E-state index contributed by atoms with van der Waals surface area (Å²) in [5, 5.41) is 10.2. The van der Waals surface area contributed by atoms with Crippen LogP contribution in [0.15, 0.2) is 50.4 Å². The Morgan fingerprint density at radius 1 is 1.12 bits per heavy atom. The number of aromatic nitrogens is 2. The van der Waals surface area contributed by atoms with Crippen LogP contribution in [0.3, 0.4) is 0 Å². The first-order valence-electron chi connectivity index (χ1n) is 8.18. The van der Waals surface area contributed by atoms with Crippen molar-refractivity contribution in [2.75, 3.05) is 0 Å². The smallest absolute Gasteiger partial charge is 0.345 e. The summed E-state index contributed by atoms with van der Waals surface area (Å²) in [6, 6.07) is 12.6. The number of fused-ring (bicyclic) bond motifs is 6. The molecule has 6 heteroatoms. The summed E-state index contributed by atoms with van der Waals surface area (Å²) in [5.74, 6) is 0. The van der Waals surface area contributed by atoms with Crippen molar-refractivity contribution in [3.8, 4) is 17.3 Å². The van der Waals surface area contributed by atoms with Gasteiger partial charge in [-0.15, -0.1) is 0 Å². The third-order valence-electron chi connectivity index (χ3n) is 4.81. The maximum Gasteiger partial charge on any atom is 0.345 e. The zero-order chi connectivity index (χ0) is 17.8. The molecule has 1 aliphatic rings. The summed E-state index contributed by atoms with van der Waals surface area (Å²) in [6.45, 7) is 0. The molecule has 0 fully saturated rings. The molecule has 1 aromatic carbocycles. The molecule has 6 nitrogen and oxygen atoms in total. The summed E-state index contributed by atoms with van der Waals surface area (Å²) in [4.78, 5) is 32.0. The van der Waals surface area contributed by atoms with Crippen LogP contribution in [0.5, 0.6) is 0 Å². The molecule has 0 spiro atoms. The van der Waals surface area contributed by atoms with Gasteiger partial charge in [0.25, 0.3) is 5.56 Å². The molecule has 26 heavy (non-hydrogen) atoms. The van der Waals surface area contributed by atoms with Crippen LogP contribution in [0.4, 0.5) is 0 Å². The fourth-order valence-electron chi connectivity index (χ4n) is 3.57. The average Bonchev–Trinajstić information content (AvgIpc) is 2.66. The van der Waals surface area contributed by atoms with Gasteiger partial charge in [-0.25, -0.2) is 4.79 Å². The fourth-order valence-corrected chi connectivity index (χ4v) is 3.57. The van der Waals surface area contributed by atoms with E-state index in [0.29, 0.717) is 40.6 Å². The van der Waals surface area contributed by atoms with Gasteiger partial charge in [-0.05, 0) is 42.7 Å². The van der Waals surface area contributed by atoms with E-state index in [0.717, 1.165) is 16.6 Å². The molecule has 0 saturated carbocycles. The maximum atomic E-state index is 12.4. The molecule has 0 amide bonds. The molecule has 1 aliphatic carbocycles. The Labute approximate surface area is 146 Å². The lowest BCUT2D eigenvalue weighted by molar-refractivity contribution is 0.569. The number of nitrogens with one attached hydrogen (secondary N) is 1. The summed E-state index contributed by atoms with van der Waals surface area (Å²) < 4.78 is 5.40. The number of rotatable bonds is 0. The molecule has 0 radical (unpaired) electrons. The van der Waals surface area contributed by atoms with Crippen molar-refractivity contribution < 1.29 is 4.42 Å². The number of nitrogens with zero attached hydrogens (tertiary/aromatic N) is 2. The van der Waals surface area contributed by atoms with E-state index in [-0.39, 0.29) is 5.56 Å². The molecule has 0 unspecified atom stereocenters. The van der Waals surface area contributed by atoms with Crippen LogP contribution in [0, 0.1) is 11.3 Å². The van der Waals surface area contributed by atoms with E-state index in [1.807, 2.05) is 24.3 Å². The van der Waals surface area contributed by atoms with Gasteiger partial charge in [0.15, 0.2) is 0 Å². The molecule has 0 bridgehead atoms.